The highest BCUT2D eigenvalue weighted by Crippen LogP contribution is 2.43. The van der Waals surface area contributed by atoms with Crippen LogP contribution in [0.5, 0.6) is 0 Å². The molecule has 6 nitrogen and oxygen atoms in total. The van der Waals surface area contributed by atoms with Crippen LogP contribution in [0, 0.1) is 0 Å². The molecule has 0 spiro atoms. The van der Waals surface area contributed by atoms with E-state index in [0.29, 0.717) is 14.9 Å². The maximum Gasteiger partial charge on any atom is 0.341 e. The lowest BCUT2D eigenvalue weighted by Crippen LogP contribution is -2.30. The minimum absolute atomic E-state index is 0.0518. The smallest absolute Gasteiger partial charge is 0.341 e. The number of hydrogen-bond acceptors (Lipinski definition) is 6. The van der Waals surface area contributed by atoms with Gasteiger partial charge in [-0.3, -0.25) is 9.78 Å². The summed E-state index contributed by atoms with van der Waals surface area (Å²) >= 11 is 7.60. The first kappa shape index (κ1) is 22.0. The molecule has 2 aromatic heterocycles. The Hall–Kier alpha value is -2.74. The molecule has 8 heteroatoms. The summed E-state index contributed by atoms with van der Waals surface area (Å²) in [5, 5.41) is 6.30. The quantitative estimate of drug-likeness (QED) is 0.482. The Balaban J connectivity index is 1.79. The Morgan fingerprint density at radius 3 is 2.57 bits per heavy atom. The first-order chi connectivity index (χ1) is 14.5. The number of pyridine rings is 1. The van der Waals surface area contributed by atoms with Gasteiger partial charge in [0.25, 0.3) is 0 Å². The van der Waals surface area contributed by atoms with Gasteiger partial charge in [0.15, 0.2) is 0 Å². The summed E-state index contributed by atoms with van der Waals surface area (Å²) in [6.07, 6.45) is 1.71. The molecule has 1 unspecified atom stereocenters. The fraction of sp³-hybridized carbons (Fsp3) is 0.227. The summed E-state index contributed by atoms with van der Waals surface area (Å²) in [6.45, 7) is 3.93. The maximum atomic E-state index is 12.7. The minimum atomic E-state index is -0.524. The third-order valence-corrected chi connectivity index (χ3v) is 5.67. The molecule has 0 aliphatic heterocycles. The Bertz CT molecular complexity index is 1010. The molecule has 3 aromatic rings. The van der Waals surface area contributed by atoms with Crippen LogP contribution < -0.4 is 10.6 Å². The lowest BCUT2D eigenvalue weighted by molar-refractivity contribution is -0.115. The second kappa shape index (κ2) is 10.3. The van der Waals surface area contributed by atoms with Gasteiger partial charge in [0, 0.05) is 17.8 Å². The Labute approximate surface area is 184 Å². The molecule has 0 aliphatic carbocycles. The van der Waals surface area contributed by atoms with E-state index in [1.54, 1.807) is 13.1 Å². The minimum Gasteiger partial charge on any atom is -0.462 e. The standard InChI is InChI=1S/C22H22ClN3O3S/c1-3-29-22(28)19-18(15-9-5-4-6-10-15)20(23)30-21(19)26-17(27)13-25-14(2)16-11-7-8-12-24-16/h4-12,14,25H,3,13H2,1-2H3,(H,26,27). The number of hydrogen-bond donors (Lipinski definition) is 2. The Morgan fingerprint density at radius 2 is 1.90 bits per heavy atom. The number of aromatic nitrogens is 1. The molecule has 0 aliphatic rings. The number of carbonyl (C=O) groups excluding carboxylic acids is 2. The van der Waals surface area contributed by atoms with Crippen molar-refractivity contribution >= 4 is 39.8 Å². The molecular formula is C22H22ClN3O3S. The van der Waals surface area contributed by atoms with E-state index in [0.717, 1.165) is 22.6 Å². The number of esters is 1. The van der Waals surface area contributed by atoms with Gasteiger partial charge >= 0.3 is 5.97 Å². The average molecular weight is 444 g/mol. The van der Waals surface area contributed by atoms with Crippen LogP contribution in [0.15, 0.2) is 54.7 Å². The third-order valence-electron chi connectivity index (χ3n) is 4.36. The van der Waals surface area contributed by atoms with Crippen LogP contribution in [0.3, 0.4) is 0 Å². The second-order valence-electron chi connectivity index (χ2n) is 6.45. The molecular weight excluding hydrogens is 422 g/mol. The highest BCUT2D eigenvalue weighted by atomic mass is 35.5. The molecule has 2 N–H and O–H groups in total. The molecule has 2 heterocycles. The molecule has 0 radical (unpaired) electrons. The van der Waals surface area contributed by atoms with E-state index in [9.17, 15) is 9.59 Å². The van der Waals surface area contributed by atoms with Crippen molar-refractivity contribution in [2.75, 3.05) is 18.5 Å². The molecule has 1 aromatic carbocycles. The lowest BCUT2D eigenvalue weighted by Gasteiger charge is -2.13. The zero-order chi connectivity index (χ0) is 21.5. The zero-order valence-electron chi connectivity index (χ0n) is 16.6. The number of thiophene rings is 1. The highest BCUT2D eigenvalue weighted by Gasteiger charge is 2.26. The van der Waals surface area contributed by atoms with Gasteiger partial charge in [0.05, 0.1) is 18.8 Å². The lowest BCUT2D eigenvalue weighted by atomic mass is 10.0. The largest absolute Gasteiger partial charge is 0.462 e. The first-order valence-electron chi connectivity index (χ1n) is 9.50. The van der Waals surface area contributed by atoms with Gasteiger partial charge in [-0.1, -0.05) is 48.0 Å². The summed E-state index contributed by atoms with van der Waals surface area (Å²) in [6, 6.07) is 14.8. The van der Waals surface area contributed by atoms with Crippen molar-refractivity contribution in [2.45, 2.75) is 19.9 Å². The van der Waals surface area contributed by atoms with E-state index in [1.165, 1.54) is 0 Å². The van der Waals surface area contributed by atoms with Gasteiger partial charge in [-0.25, -0.2) is 4.79 Å². The van der Waals surface area contributed by atoms with E-state index in [2.05, 4.69) is 15.6 Å². The number of anilines is 1. The fourth-order valence-corrected chi connectivity index (χ4v) is 4.29. The van der Waals surface area contributed by atoms with Crippen molar-refractivity contribution in [1.82, 2.24) is 10.3 Å². The van der Waals surface area contributed by atoms with E-state index in [1.807, 2.05) is 55.5 Å². The predicted octanol–water partition coefficient (Wildman–Crippen LogP) is 4.93. The maximum absolute atomic E-state index is 12.7. The Kier molecular flexibility index (Phi) is 7.57. The van der Waals surface area contributed by atoms with Crippen LogP contribution in [0.4, 0.5) is 5.00 Å². The first-order valence-corrected chi connectivity index (χ1v) is 10.7. The molecule has 1 atom stereocenters. The van der Waals surface area contributed by atoms with Crippen molar-refractivity contribution in [3.63, 3.8) is 0 Å². The summed E-state index contributed by atoms with van der Waals surface area (Å²) < 4.78 is 5.63. The zero-order valence-corrected chi connectivity index (χ0v) is 18.2. The van der Waals surface area contributed by atoms with Crippen LogP contribution in [0.1, 0.15) is 35.9 Å². The van der Waals surface area contributed by atoms with E-state index in [-0.39, 0.29) is 30.7 Å². The van der Waals surface area contributed by atoms with E-state index >= 15 is 0 Å². The van der Waals surface area contributed by atoms with Crippen LogP contribution in [-0.2, 0) is 9.53 Å². The van der Waals surface area contributed by atoms with Crippen molar-refractivity contribution in [2.24, 2.45) is 0 Å². The number of nitrogens with zero attached hydrogens (tertiary/aromatic N) is 1. The van der Waals surface area contributed by atoms with Gasteiger partial charge in [-0.15, -0.1) is 11.3 Å². The summed E-state index contributed by atoms with van der Waals surface area (Å²) in [5.41, 5.74) is 2.45. The molecule has 0 bridgehead atoms. The monoisotopic (exact) mass is 443 g/mol. The molecule has 156 valence electrons. The number of halogens is 1. The SMILES string of the molecule is CCOC(=O)c1c(NC(=O)CNC(C)c2ccccn2)sc(Cl)c1-c1ccccc1. The van der Waals surface area contributed by atoms with Crippen LogP contribution in [0.25, 0.3) is 11.1 Å². The van der Waals surface area contributed by atoms with Crippen molar-refractivity contribution in [3.05, 3.63) is 70.3 Å². The number of benzene rings is 1. The van der Waals surface area contributed by atoms with Crippen LogP contribution >= 0.6 is 22.9 Å². The van der Waals surface area contributed by atoms with Gasteiger partial charge in [0.1, 0.15) is 14.9 Å². The molecule has 3 rings (SSSR count). The third kappa shape index (κ3) is 5.24. The number of rotatable bonds is 8. The molecule has 1 amide bonds. The van der Waals surface area contributed by atoms with Gasteiger partial charge in [-0.2, -0.15) is 0 Å². The van der Waals surface area contributed by atoms with Crippen molar-refractivity contribution in [3.8, 4) is 11.1 Å². The molecule has 0 saturated heterocycles. The molecule has 30 heavy (non-hydrogen) atoms. The van der Waals surface area contributed by atoms with Crippen LogP contribution in [-0.4, -0.2) is 30.0 Å². The number of ether oxygens (including phenoxy) is 1. The predicted molar refractivity (Wildman–Crippen MR) is 120 cm³/mol. The summed E-state index contributed by atoms with van der Waals surface area (Å²) in [5.74, 6) is -0.814. The fourth-order valence-electron chi connectivity index (χ4n) is 2.91. The number of nitrogens with one attached hydrogen (secondary N) is 2. The Morgan fingerprint density at radius 1 is 1.17 bits per heavy atom. The highest BCUT2D eigenvalue weighted by molar-refractivity contribution is 7.21. The summed E-state index contributed by atoms with van der Waals surface area (Å²) in [7, 11) is 0. The number of carbonyl (C=O) groups is 2. The van der Waals surface area contributed by atoms with Crippen molar-refractivity contribution < 1.29 is 14.3 Å². The number of amides is 1. The van der Waals surface area contributed by atoms with Crippen LogP contribution in [0.2, 0.25) is 4.34 Å². The molecule has 0 saturated carbocycles. The van der Waals surface area contributed by atoms with Crippen molar-refractivity contribution in [1.29, 1.82) is 0 Å². The van der Waals surface area contributed by atoms with E-state index in [4.69, 9.17) is 16.3 Å². The summed E-state index contributed by atoms with van der Waals surface area (Å²) in [4.78, 5) is 29.5. The van der Waals surface area contributed by atoms with Gasteiger partial charge in [0.2, 0.25) is 5.91 Å². The van der Waals surface area contributed by atoms with Gasteiger partial charge < -0.3 is 15.4 Å². The van der Waals surface area contributed by atoms with E-state index < -0.39 is 5.97 Å². The second-order valence-corrected chi connectivity index (χ2v) is 8.07. The average Bonchev–Trinajstić information content (AvgIpc) is 3.09. The topological polar surface area (TPSA) is 80.3 Å². The normalized spacial score (nSPS) is 11.7. The molecule has 0 fully saturated rings. The van der Waals surface area contributed by atoms with Gasteiger partial charge in [-0.05, 0) is 31.5 Å².